The number of hydrogen-bond donors (Lipinski definition) is 2. The summed E-state index contributed by atoms with van der Waals surface area (Å²) in [6.45, 7) is -0.0368. The van der Waals surface area contributed by atoms with E-state index >= 15 is 0 Å². The van der Waals surface area contributed by atoms with Gasteiger partial charge in [0.1, 0.15) is 0 Å². The molecule has 7 heteroatoms. The molecule has 0 atom stereocenters. The van der Waals surface area contributed by atoms with E-state index < -0.39 is 15.9 Å². The van der Waals surface area contributed by atoms with Gasteiger partial charge in [0.25, 0.3) is 5.91 Å². The van der Waals surface area contributed by atoms with Gasteiger partial charge in [0.2, 0.25) is 10.0 Å². The van der Waals surface area contributed by atoms with E-state index in [-0.39, 0.29) is 23.6 Å². The number of hydrogen-bond acceptors (Lipinski definition) is 4. The molecule has 1 aromatic carbocycles. The van der Waals surface area contributed by atoms with Crippen molar-refractivity contribution < 1.29 is 18.3 Å². The molecule has 0 saturated carbocycles. The molecule has 0 saturated heterocycles. The molecule has 0 aliphatic rings. The number of carbonyl (C=O) groups is 1. The highest BCUT2D eigenvalue weighted by Gasteiger charge is 2.18. The van der Waals surface area contributed by atoms with Crippen molar-refractivity contribution in [2.75, 3.05) is 27.2 Å². The SMILES string of the molecule is CN(C)S(=O)(=O)c1cccc(C(=O)NCCO)c1. The van der Waals surface area contributed by atoms with E-state index in [1.807, 2.05) is 0 Å². The Morgan fingerprint density at radius 3 is 2.61 bits per heavy atom. The summed E-state index contributed by atoms with van der Waals surface area (Å²) < 4.78 is 24.8. The lowest BCUT2D eigenvalue weighted by Crippen LogP contribution is -2.27. The number of nitrogens with one attached hydrogen (secondary N) is 1. The fourth-order valence-corrected chi connectivity index (χ4v) is 2.23. The van der Waals surface area contributed by atoms with Crippen LogP contribution < -0.4 is 5.32 Å². The van der Waals surface area contributed by atoms with Gasteiger partial charge in [0.15, 0.2) is 0 Å². The number of nitrogens with zero attached hydrogens (tertiary/aromatic N) is 1. The minimum absolute atomic E-state index is 0.0594. The number of rotatable bonds is 5. The quantitative estimate of drug-likeness (QED) is 0.767. The maximum Gasteiger partial charge on any atom is 0.251 e. The van der Waals surface area contributed by atoms with Gasteiger partial charge in [-0.1, -0.05) is 6.07 Å². The molecule has 0 bridgehead atoms. The molecular formula is C11H16N2O4S. The molecule has 0 fully saturated rings. The Hall–Kier alpha value is -1.44. The van der Waals surface area contributed by atoms with E-state index in [2.05, 4.69) is 5.32 Å². The molecule has 1 aromatic rings. The maximum absolute atomic E-state index is 11.9. The monoisotopic (exact) mass is 272 g/mol. The van der Waals surface area contributed by atoms with Crippen LogP contribution in [-0.2, 0) is 10.0 Å². The van der Waals surface area contributed by atoms with Crippen molar-refractivity contribution in [3.8, 4) is 0 Å². The van der Waals surface area contributed by atoms with Gasteiger partial charge in [-0.05, 0) is 18.2 Å². The zero-order valence-corrected chi connectivity index (χ0v) is 11.1. The van der Waals surface area contributed by atoms with E-state index in [9.17, 15) is 13.2 Å². The Bertz CT molecular complexity index is 526. The number of sulfonamides is 1. The Labute approximate surface area is 106 Å². The van der Waals surface area contributed by atoms with Crippen molar-refractivity contribution in [3.63, 3.8) is 0 Å². The lowest BCUT2D eigenvalue weighted by molar-refractivity contribution is 0.0944. The van der Waals surface area contributed by atoms with Crippen molar-refractivity contribution in [2.24, 2.45) is 0 Å². The summed E-state index contributed by atoms with van der Waals surface area (Å²) in [6.07, 6.45) is 0. The van der Waals surface area contributed by atoms with Gasteiger partial charge in [-0.3, -0.25) is 4.79 Å². The van der Waals surface area contributed by atoms with Gasteiger partial charge >= 0.3 is 0 Å². The predicted molar refractivity (Wildman–Crippen MR) is 66.7 cm³/mol. The van der Waals surface area contributed by atoms with E-state index in [0.717, 1.165) is 4.31 Å². The highest BCUT2D eigenvalue weighted by molar-refractivity contribution is 7.89. The summed E-state index contributed by atoms with van der Waals surface area (Å²) in [5.74, 6) is -0.417. The second-order valence-electron chi connectivity index (χ2n) is 3.79. The third-order valence-corrected chi connectivity index (χ3v) is 4.08. The smallest absolute Gasteiger partial charge is 0.251 e. The van der Waals surface area contributed by atoms with Crippen LogP contribution in [0.2, 0.25) is 0 Å². The van der Waals surface area contributed by atoms with Crippen molar-refractivity contribution in [1.29, 1.82) is 0 Å². The fraction of sp³-hybridized carbons (Fsp3) is 0.364. The molecule has 1 rings (SSSR count). The summed E-state index contributed by atoms with van der Waals surface area (Å²) >= 11 is 0. The third kappa shape index (κ3) is 3.28. The standard InChI is InChI=1S/C11H16N2O4S/c1-13(2)18(16,17)10-5-3-4-9(8-10)11(15)12-6-7-14/h3-5,8,14H,6-7H2,1-2H3,(H,12,15). The Morgan fingerprint density at radius 1 is 1.39 bits per heavy atom. The van der Waals surface area contributed by atoms with Crippen molar-refractivity contribution in [2.45, 2.75) is 4.90 Å². The molecule has 1 amide bonds. The fourth-order valence-electron chi connectivity index (χ4n) is 1.28. The number of aliphatic hydroxyl groups is 1. The molecule has 18 heavy (non-hydrogen) atoms. The van der Waals surface area contributed by atoms with E-state index in [1.165, 1.54) is 38.4 Å². The van der Waals surface area contributed by atoms with Gasteiger partial charge in [-0.25, -0.2) is 12.7 Å². The Morgan fingerprint density at radius 2 is 2.06 bits per heavy atom. The maximum atomic E-state index is 11.9. The Kier molecular flexibility index (Phi) is 4.83. The van der Waals surface area contributed by atoms with Crippen LogP contribution in [0.3, 0.4) is 0 Å². The zero-order valence-electron chi connectivity index (χ0n) is 10.3. The first kappa shape index (κ1) is 14.6. The summed E-state index contributed by atoms with van der Waals surface area (Å²) in [7, 11) is -0.701. The zero-order chi connectivity index (χ0) is 13.8. The van der Waals surface area contributed by atoms with Gasteiger partial charge in [-0.15, -0.1) is 0 Å². The lowest BCUT2D eigenvalue weighted by Gasteiger charge is -2.12. The molecule has 6 nitrogen and oxygen atoms in total. The van der Waals surface area contributed by atoms with Crippen molar-refractivity contribution >= 4 is 15.9 Å². The predicted octanol–water partition coefficient (Wildman–Crippen LogP) is -0.341. The molecule has 0 aliphatic carbocycles. The Balaban J connectivity index is 3.03. The normalized spacial score (nSPS) is 11.6. The van der Waals surface area contributed by atoms with Crippen molar-refractivity contribution in [3.05, 3.63) is 29.8 Å². The molecule has 0 heterocycles. The first-order chi connectivity index (χ1) is 8.39. The van der Waals surface area contributed by atoms with Gasteiger partial charge in [-0.2, -0.15) is 0 Å². The van der Waals surface area contributed by atoms with Crippen LogP contribution in [0.4, 0.5) is 0 Å². The number of aliphatic hydroxyl groups excluding tert-OH is 1. The van der Waals surface area contributed by atoms with E-state index in [0.29, 0.717) is 0 Å². The summed E-state index contributed by atoms with van der Waals surface area (Å²) in [6, 6.07) is 5.76. The van der Waals surface area contributed by atoms with Gasteiger partial charge in [0, 0.05) is 26.2 Å². The number of amides is 1. The summed E-state index contributed by atoms with van der Waals surface area (Å²) in [4.78, 5) is 11.7. The average Bonchev–Trinajstić information content (AvgIpc) is 2.35. The van der Waals surface area contributed by atoms with Crippen LogP contribution in [-0.4, -0.2) is 51.0 Å². The van der Waals surface area contributed by atoms with Crippen LogP contribution in [0.5, 0.6) is 0 Å². The molecule has 0 spiro atoms. The number of carbonyl (C=O) groups excluding carboxylic acids is 1. The second kappa shape index (κ2) is 5.94. The first-order valence-electron chi connectivity index (χ1n) is 5.31. The summed E-state index contributed by atoms with van der Waals surface area (Å²) in [5.41, 5.74) is 0.242. The molecule has 0 aromatic heterocycles. The van der Waals surface area contributed by atoms with Crippen molar-refractivity contribution in [1.82, 2.24) is 9.62 Å². The van der Waals surface area contributed by atoms with Crippen LogP contribution >= 0.6 is 0 Å². The lowest BCUT2D eigenvalue weighted by atomic mass is 10.2. The molecular weight excluding hydrogens is 256 g/mol. The minimum Gasteiger partial charge on any atom is -0.395 e. The van der Waals surface area contributed by atoms with E-state index in [1.54, 1.807) is 0 Å². The molecule has 0 aliphatic heterocycles. The number of benzene rings is 1. The first-order valence-corrected chi connectivity index (χ1v) is 6.75. The van der Waals surface area contributed by atoms with E-state index in [4.69, 9.17) is 5.11 Å². The molecule has 100 valence electrons. The van der Waals surface area contributed by atoms with Gasteiger partial charge < -0.3 is 10.4 Å². The molecule has 0 unspecified atom stereocenters. The average molecular weight is 272 g/mol. The summed E-state index contributed by atoms with van der Waals surface area (Å²) in [5, 5.41) is 11.1. The van der Waals surface area contributed by atoms with Crippen LogP contribution in [0, 0.1) is 0 Å². The largest absolute Gasteiger partial charge is 0.395 e. The third-order valence-electron chi connectivity index (χ3n) is 2.27. The highest BCUT2D eigenvalue weighted by Crippen LogP contribution is 2.14. The van der Waals surface area contributed by atoms with Crippen LogP contribution in [0.1, 0.15) is 10.4 Å². The van der Waals surface area contributed by atoms with Crippen LogP contribution in [0.25, 0.3) is 0 Å². The molecule has 2 N–H and O–H groups in total. The topological polar surface area (TPSA) is 86.7 Å². The molecule has 0 radical (unpaired) electrons. The second-order valence-corrected chi connectivity index (χ2v) is 5.95. The minimum atomic E-state index is -3.55. The van der Waals surface area contributed by atoms with Crippen LogP contribution in [0.15, 0.2) is 29.2 Å². The van der Waals surface area contributed by atoms with Gasteiger partial charge in [0.05, 0.1) is 11.5 Å². The highest BCUT2D eigenvalue weighted by atomic mass is 32.2.